The fourth-order valence-corrected chi connectivity index (χ4v) is 7.02. The maximum absolute atomic E-state index is 14.4. The molecule has 230 valence electrons. The maximum Gasteiger partial charge on any atom is 0.416 e. The number of rotatable bonds is 7. The van der Waals surface area contributed by atoms with E-state index < -0.39 is 41.8 Å². The van der Waals surface area contributed by atoms with Crippen LogP contribution in [0.3, 0.4) is 0 Å². The van der Waals surface area contributed by atoms with Gasteiger partial charge in [-0.2, -0.15) is 13.2 Å². The van der Waals surface area contributed by atoms with Crippen molar-refractivity contribution in [2.75, 3.05) is 24.5 Å². The number of hydrogen-bond acceptors (Lipinski definition) is 5. The topological polar surface area (TPSA) is 66.3 Å². The van der Waals surface area contributed by atoms with Gasteiger partial charge in [0.2, 0.25) is 5.92 Å². The number of nitrogens with one attached hydrogen (secondary N) is 1. The first-order chi connectivity index (χ1) is 20.3. The minimum atomic E-state index is -4.64. The minimum absolute atomic E-state index is 0.0374. The molecule has 0 unspecified atom stereocenters. The van der Waals surface area contributed by atoms with E-state index in [9.17, 15) is 26.7 Å². The summed E-state index contributed by atoms with van der Waals surface area (Å²) in [5.74, 6) is -2.51. The van der Waals surface area contributed by atoms with Gasteiger partial charge in [-0.15, -0.1) is 10.2 Å². The van der Waals surface area contributed by atoms with Gasteiger partial charge in [0.1, 0.15) is 12.2 Å². The second-order valence-corrected chi connectivity index (χ2v) is 12.6. The molecular formula is C31H35F5N6O. The van der Waals surface area contributed by atoms with E-state index in [1.54, 1.807) is 41.9 Å². The van der Waals surface area contributed by atoms with Crippen molar-refractivity contribution in [3.05, 3.63) is 76.4 Å². The van der Waals surface area contributed by atoms with Crippen molar-refractivity contribution < 1.29 is 26.7 Å². The highest BCUT2D eigenvalue weighted by molar-refractivity contribution is 6.10. The van der Waals surface area contributed by atoms with Crippen LogP contribution in [-0.2, 0) is 38.1 Å². The van der Waals surface area contributed by atoms with Crippen molar-refractivity contribution in [3.63, 3.8) is 0 Å². The number of aryl methyl sites for hydroxylation is 1. The molecule has 2 fully saturated rings. The van der Waals surface area contributed by atoms with Gasteiger partial charge in [-0.1, -0.05) is 26.0 Å². The third-order valence-corrected chi connectivity index (χ3v) is 9.23. The van der Waals surface area contributed by atoms with Crippen molar-refractivity contribution in [1.82, 2.24) is 25.0 Å². The van der Waals surface area contributed by atoms with Crippen molar-refractivity contribution in [2.24, 2.45) is 13.0 Å². The summed E-state index contributed by atoms with van der Waals surface area (Å²) in [7, 11) is 1.74. The Morgan fingerprint density at radius 1 is 1.14 bits per heavy atom. The van der Waals surface area contributed by atoms with E-state index in [4.69, 9.17) is 0 Å². The van der Waals surface area contributed by atoms with Gasteiger partial charge in [-0.25, -0.2) is 8.78 Å². The SMILES string of the molecule is CC(C)[C@H]1CNCCN1Cc1cc2c(c(C(F)(F)F)c1)CN(c1cccc(C3(Cc4nncn4C)CC(F)(F)C3)c1)C2=O. The van der Waals surface area contributed by atoms with Crippen LogP contribution in [0.25, 0.3) is 0 Å². The molecule has 3 aromatic rings. The Morgan fingerprint density at radius 3 is 2.56 bits per heavy atom. The average Bonchev–Trinajstić information content (AvgIpc) is 3.48. The van der Waals surface area contributed by atoms with Crippen LogP contribution >= 0.6 is 0 Å². The van der Waals surface area contributed by atoms with Crippen LogP contribution < -0.4 is 10.2 Å². The largest absolute Gasteiger partial charge is 0.416 e. The Kier molecular flexibility index (Phi) is 7.36. The maximum atomic E-state index is 14.4. The number of halogens is 5. The van der Waals surface area contributed by atoms with E-state index >= 15 is 0 Å². The first-order valence-electron chi connectivity index (χ1n) is 14.6. The van der Waals surface area contributed by atoms with Gasteiger partial charge in [0, 0.05) is 75.2 Å². The Balaban J connectivity index is 1.32. The Bertz CT molecular complexity index is 1530. The molecule has 6 rings (SSSR count). The summed E-state index contributed by atoms with van der Waals surface area (Å²) in [5, 5.41) is 11.3. The standard InChI is InChI=1S/C31H35F5N6O/c1-19(2)26-13-37-7-8-41(26)14-20-9-23-24(25(10-20)31(34,35)36)15-42(28(23)43)22-6-4-5-21(11-22)29(16-30(32,33)17-29)12-27-39-38-18-40(27)3/h4-6,9-11,18-19,26,37H,7-8,12-17H2,1-3H3/t26-/m1/s1. The number of amides is 1. The molecule has 2 aromatic carbocycles. The molecule has 1 aliphatic carbocycles. The number of fused-ring (bicyclic) bond motifs is 1. The fraction of sp³-hybridized carbons (Fsp3) is 0.516. The molecule has 1 amide bonds. The van der Waals surface area contributed by atoms with E-state index in [0.717, 1.165) is 13.1 Å². The summed E-state index contributed by atoms with van der Waals surface area (Å²) >= 11 is 0. The third-order valence-electron chi connectivity index (χ3n) is 9.23. The summed E-state index contributed by atoms with van der Waals surface area (Å²) in [5.41, 5.74) is -0.341. The Hall–Kier alpha value is -3.38. The normalized spacial score (nSPS) is 21.7. The van der Waals surface area contributed by atoms with Crippen LogP contribution in [-0.4, -0.2) is 57.2 Å². The van der Waals surface area contributed by atoms with Gasteiger partial charge in [-0.3, -0.25) is 9.69 Å². The van der Waals surface area contributed by atoms with Gasteiger partial charge < -0.3 is 14.8 Å². The number of hydrogen-bond donors (Lipinski definition) is 1. The monoisotopic (exact) mass is 602 g/mol. The zero-order valence-electron chi connectivity index (χ0n) is 24.4. The molecule has 3 heterocycles. The van der Waals surface area contributed by atoms with E-state index in [-0.39, 0.29) is 30.1 Å². The van der Waals surface area contributed by atoms with E-state index in [1.165, 1.54) is 17.3 Å². The average molecular weight is 603 g/mol. The summed E-state index contributed by atoms with van der Waals surface area (Å²) in [6, 6.07) is 9.65. The van der Waals surface area contributed by atoms with Crippen molar-refractivity contribution in [1.29, 1.82) is 0 Å². The second-order valence-electron chi connectivity index (χ2n) is 12.6. The summed E-state index contributed by atoms with van der Waals surface area (Å²) in [6.07, 6.45) is -3.70. The van der Waals surface area contributed by atoms with Crippen LogP contribution in [0.4, 0.5) is 27.6 Å². The lowest BCUT2D eigenvalue weighted by atomic mass is 9.60. The Morgan fingerprint density at radius 2 is 1.91 bits per heavy atom. The number of nitrogens with zero attached hydrogens (tertiary/aromatic N) is 5. The number of carbonyl (C=O) groups excluding carboxylic acids is 1. The van der Waals surface area contributed by atoms with Gasteiger partial charge in [-0.05, 0) is 46.9 Å². The molecule has 12 heteroatoms. The van der Waals surface area contributed by atoms with E-state index in [2.05, 4.69) is 34.3 Å². The molecule has 1 saturated carbocycles. The summed E-state index contributed by atoms with van der Waals surface area (Å²) in [4.78, 5) is 17.2. The molecule has 0 bridgehead atoms. The number of alkyl halides is 5. The molecule has 43 heavy (non-hydrogen) atoms. The van der Waals surface area contributed by atoms with Crippen LogP contribution in [0, 0.1) is 5.92 Å². The van der Waals surface area contributed by atoms with Crippen molar-refractivity contribution in [3.8, 4) is 0 Å². The predicted molar refractivity (Wildman–Crippen MR) is 151 cm³/mol. The van der Waals surface area contributed by atoms with Crippen LogP contribution in [0.5, 0.6) is 0 Å². The molecule has 2 aliphatic heterocycles. The lowest BCUT2D eigenvalue weighted by Crippen LogP contribution is -2.53. The Labute approximate surface area is 247 Å². The molecular weight excluding hydrogens is 567 g/mol. The number of benzene rings is 2. The smallest absolute Gasteiger partial charge is 0.321 e. The molecule has 0 radical (unpaired) electrons. The van der Waals surface area contributed by atoms with E-state index in [1.807, 2.05) is 0 Å². The van der Waals surface area contributed by atoms with Gasteiger partial charge in [0.05, 0.1) is 12.1 Å². The number of aromatic nitrogens is 3. The predicted octanol–water partition coefficient (Wildman–Crippen LogP) is 5.33. The third kappa shape index (κ3) is 5.55. The first-order valence-corrected chi connectivity index (χ1v) is 14.6. The lowest BCUT2D eigenvalue weighted by molar-refractivity contribution is -0.138. The van der Waals surface area contributed by atoms with Gasteiger partial charge in [0.25, 0.3) is 5.91 Å². The molecule has 3 aliphatic rings. The van der Waals surface area contributed by atoms with Crippen LogP contribution in [0.15, 0.2) is 42.7 Å². The minimum Gasteiger partial charge on any atom is -0.321 e. The quantitative estimate of drug-likeness (QED) is 0.371. The first kappa shape index (κ1) is 29.7. The molecule has 7 nitrogen and oxygen atoms in total. The van der Waals surface area contributed by atoms with Crippen LogP contribution in [0.1, 0.15) is 65.1 Å². The number of piperazine rings is 1. The zero-order chi connectivity index (χ0) is 30.7. The molecule has 1 aromatic heterocycles. The highest BCUT2D eigenvalue weighted by Gasteiger charge is 2.57. The highest BCUT2D eigenvalue weighted by atomic mass is 19.4. The van der Waals surface area contributed by atoms with Gasteiger partial charge in [0.15, 0.2) is 0 Å². The highest BCUT2D eigenvalue weighted by Crippen LogP contribution is 2.55. The lowest BCUT2D eigenvalue weighted by Gasteiger charge is -2.48. The molecule has 0 spiro atoms. The number of carbonyl (C=O) groups is 1. The fourth-order valence-electron chi connectivity index (χ4n) is 7.02. The molecule has 1 atom stereocenters. The van der Waals surface area contributed by atoms with Crippen LogP contribution in [0.2, 0.25) is 0 Å². The van der Waals surface area contributed by atoms with Gasteiger partial charge >= 0.3 is 6.18 Å². The molecule has 1 saturated heterocycles. The number of anilines is 1. The van der Waals surface area contributed by atoms with Crippen molar-refractivity contribution in [2.45, 2.75) is 69.8 Å². The summed E-state index contributed by atoms with van der Waals surface area (Å²) in [6.45, 7) is 6.43. The second kappa shape index (κ2) is 10.7. The zero-order valence-corrected chi connectivity index (χ0v) is 24.4. The van der Waals surface area contributed by atoms with E-state index in [0.29, 0.717) is 41.6 Å². The molecule has 1 N–H and O–H groups in total. The summed E-state index contributed by atoms with van der Waals surface area (Å²) < 4.78 is 73.4. The van der Waals surface area contributed by atoms with Crippen molar-refractivity contribution >= 4 is 11.6 Å².